The summed E-state index contributed by atoms with van der Waals surface area (Å²) in [7, 11) is -2.25. The smallest absolute Gasteiger partial charge is 0.238 e. The Kier molecular flexibility index (Phi) is 5.02. The molecule has 23 heavy (non-hydrogen) atoms. The van der Waals surface area contributed by atoms with E-state index < -0.39 is 10.0 Å². The molecule has 0 saturated carbocycles. The number of carbonyl (C=O) groups is 1. The summed E-state index contributed by atoms with van der Waals surface area (Å²) < 4.78 is 28.0. The van der Waals surface area contributed by atoms with E-state index in [1.807, 2.05) is 0 Å². The van der Waals surface area contributed by atoms with Crippen LogP contribution in [0.4, 0.5) is 5.69 Å². The third-order valence-corrected chi connectivity index (χ3v) is 4.36. The molecule has 122 valence electrons. The lowest BCUT2D eigenvalue weighted by Crippen LogP contribution is -2.17. The SMILES string of the molecule is COc1ccc(CC(=O)Nc2ccc(C)c(S(N)(=O)=O)c2)cc1. The highest BCUT2D eigenvalue weighted by molar-refractivity contribution is 7.89. The molecule has 0 saturated heterocycles. The van der Waals surface area contributed by atoms with Crippen molar-refractivity contribution in [3.8, 4) is 5.75 Å². The minimum absolute atomic E-state index is 0.000234. The molecule has 1 amide bonds. The average molecular weight is 334 g/mol. The Morgan fingerprint density at radius 3 is 2.39 bits per heavy atom. The van der Waals surface area contributed by atoms with Crippen LogP contribution < -0.4 is 15.2 Å². The molecular weight excluding hydrogens is 316 g/mol. The number of methoxy groups -OCH3 is 1. The number of carbonyl (C=O) groups excluding carboxylic acids is 1. The zero-order valence-corrected chi connectivity index (χ0v) is 13.7. The van der Waals surface area contributed by atoms with Gasteiger partial charge in [-0.1, -0.05) is 18.2 Å². The maximum atomic E-state index is 12.1. The van der Waals surface area contributed by atoms with Crippen molar-refractivity contribution in [3.63, 3.8) is 0 Å². The van der Waals surface area contributed by atoms with Crippen LogP contribution in [0, 0.1) is 6.92 Å². The molecule has 0 fully saturated rings. The van der Waals surface area contributed by atoms with Gasteiger partial charge in [-0.25, -0.2) is 13.6 Å². The van der Waals surface area contributed by atoms with E-state index in [-0.39, 0.29) is 17.2 Å². The molecular formula is C16H18N2O4S. The van der Waals surface area contributed by atoms with Crippen LogP contribution in [-0.4, -0.2) is 21.4 Å². The molecule has 0 radical (unpaired) electrons. The fraction of sp³-hybridized carbons (Fsp3) is 0.188. The molecule has 6 nitrogen and oxygen atoms in total. The van der Waals surface area contributed by atoms with Gasteiger partial charge in [-0.05, 0) is 42.3 Å². The van der Waals surface area contributed by atoms with E-state index in [0.29, 0.717) is 17.0 Å². The maximum absolute atomic E-state index is 12.1. The standard InChI is InChI=1S/C16H18N2O4S/c1-11-3-6-13(10-15(11)23(17,20)21)18-16(19)9-12-4-7-14(22-2)8-5-12/h3-8,10H,9H2,1-2H3,(H,18,19)(H2,17,20,21). The van der Waals surface area contributed by atoms with Gasteiger partial charge < -0.3 is 10.1 Å². The molecule has 3 N–H and O–H groups in total. The van der Waals surface area contributed by atoms with Crippen molar-refractivity contribution < 1.29 is 17.9 Å². The van der Waals surface area contributed by atoms with E-state index in [0.717, 1.165) is 5.56 Å². The van der Waals surface area contributed by atoms with Crippen molar-refractivity contribution in [2.75, 3.05) is 12.4 Å². The fourth-order valence-electron chi connectivity index (χ4n) is 2.12. The molecule has 0 aromatic heterocycles. The molecule has 0 atom stereocenters. The quantitative estimate of drug-likeness (QED) is 0.871. The van der Waals surface area contributed by atoms with Crippen LogP contribution in [0.25, 0.3) is 0 Å². The van der Waals surface area contributed by atoms with E-state index in [1.165, 1.54) is 6.07 Å². The summed E-state index contributed by atoms with van der Waals surface area (Å²) >= 11 is 0. The third-order valence-electron chi connectivity index (χ3n) is 3.30. The lowest BCUT2D eigenvalue weighted by atomic mass is 10.1. The van der Waals surface area contributed by atoms with Gasteiger partial charge in [0.15, 0.2) is 0 Å². The predicted molar refractivity (Wildman–Crippen MR) is 87.9 cm³/mol. The van der Waals surface area contributed by atoms with Crippen molar-refractivity contribution >= 4 is 21.6 Å². The largest absolute Gasteiger partial charge is 0.497 e. The first-order valence-electron chi connectivity index (χ1n) is 6.86. The maximum Gasteiger partial charge on any atom is 0.238 e. The van der Waals surface area contributed by atoms with Crippen LogP contribution >= 0.6 is 0 Å². The normalized spacial score (nSPS) is 11.1. The highest BCUT2D eigenvalue weighted by Gasteiger charge is 2.13. The van der Waals surface area contributed by atoms with Gasteiger partial charge >= 0.3 is 0 Å². The summed E-state index contributed by atoms with van der Waals surface area (Å²) in [6.07, 6.45) is 0.169. The number of anilines is 1. The number of sulfonamides is 1. The molecule has 0 aliphatic carbocycles. The monoisotopic (exact) mass is 334 g/mol. The topological polar surface area (TPSA) is 98.5 Å². The first-order valence-corrected chi connectivity index (χ1v) is 8.40. The summed E-state index contributed by atoms with van der Waals surface area (Å²) in [5.41, 5.74) is 1.74. The Morgan fingerprint density at radius 2 is 1.83 bits per heavy atom. The number of primary sulfonamides is 1. The molecule has 0 bridgehead atoms. The Hall–Kier alpha value is -2.38. The second kappa shape index (κ2) is 6.80. The summed E-state index contributed by atoms with van der Waals surface area (Å²) in [6, 6.07) is 11.7. The first kappa shape index (κ1) is 17.0. The number of nitrogens with two attached hydrogens (primary N) is 1. The number of hydrogen-bond acceptors (Lipinski definition) is 4. The zero-order chi connectivity index (χ0) is 17.0. The molecule has 2 aromatic rings. The number of rotatable bonds is 5. The lowest BCUT2D eigenvalue weighted by Gasteiger charge is -2.09. The van der Waals surface area contributed by atoms with Gasteiger partial charge in [0.2, 0.25) is 15.9 Å². The Morgan fingerprint density at radius 1 is 1.17 bits per heavy atom. The van der Waals surface area contributed by atoms with Crippen molar-refractivity contribution in [1.82, 2.24) is 0 Å². The Balaban J connectivity index is 2.11. The van der Waals surface area contributed by atoms with E-state index in [4.69, 9.17) is 9.88 Å². The van der Waals surface area contributed by atoms with Gasteiger partial charge in [-0.15, -0.1) is 0 Å². The van der Waals surface area contributed by atoms with Crippen molar-refractivity contribution in [2.45, 2.75) is 18.2 Å². The van der Waals surface area contributed by atoms with Gasteiger partial charge in [0.05, 0.1) is 18.4 Å². The third kappa shape index (κ3) is 4.54. The summed E-state index contributed by atoms with van der Waals surface area (Å²) in [5.74, 6) is 0.463. The summed E-state index contributed by atoms with van der Waals surface area (Å²) in [6.45, 7) is 1.64. The van der Waals surface area contributed by atoms with Crippen LogP contribution in [0.5, 0.6) is 5.75 Å². The molecule has 7 heteroatoms. The highest BCUT2D eigenvalue weighted by Crippen LogP contribution is 2.19. The van der Waals surface area contributed by atoms with Crippen molar-refractivity contribution in [2.24, 2.45) is 5.14 Å². The minimum Gasteiger partial charge on any atom is -0.497 e. The molecule has 2 aromatic carbocycles. The number of ether oxygens (including phenoxy) is 1. The molecule has 2 rings (SSSR count). The van der Waals surface area contributed by atoms with Crippen molar-refractivity contribution in [3.05, 3.63) is 53.6 Å². The summed E-state index contributed by atoms with van der Waals surface area (Å²) in [5, 5.41) is 7.82. The molecule has 0 spiro atoms. The second-order valence-corrected chi connectivity index (χ2v) is 6.63. The van der Waals surface area contributed by atoms with Crippen molar-refractivity contribution in [1.29, 1.82) is 0 Å². The van der Waals surface area contributed by atoms with Crippen LogP contribution in [0.15, 0.2) is 47.4 Å². The fourth-order valence-corrected chi connectivity index (χ4v) is 2.93. The molecule has 0 aliphatic rings. The first-order chi connectivity index (χ1) is 10.8. The van der Waals surface area contributed by atoms with E-state index in [9.17, 15) is 13.2 Å². The lowest BCUT2D eigenvalue weighted by molar-refractivity contribution is -0.115. The Bertz CT molecular complexity index is 814. The average Bonchev–Trinajstić information content (AvgIpc) is 2.49. The van der Waals surface area contributed by atoms with Crippen LogP contribution in [0.1, 0.15) is 11.1 Å². The van der Waals surface area contributed by atoms with Crippen LogP contribution in [0.2, 0.25) is 0 Å². The number of benzene rings is 2. The van der Waals surface area contributed by atoms with Crippen LogP contribution in [0.3, 0.4) is 0 Å². The number of nitrogens with one attached hydrogen (secondary N) is 1. The molecule has 0 heterocycles. The zero-order valence-electron chi connectivity index (χ0n) is 12.9. The van der Waals surface area contributed by atoms with Gasteiger partial charge in [0, 0.05) is 5.69 Å². The molecule has 0 aliphatic heterocycles. The van der Waals surface area contributed by atoms with E-state index in [1.54, 1.807) is 50.4 Å². The van der Waals surface area contributed by atoms with Gasteiger partial charge in [0.25, 0.3) is 0 Å². The van der Waals surface area contributed by atoms with E-state index >= 15 is 0 Å². The number of hydrogen-bond donors (Lipinski definition) is 2. The second-order valence-electron chi connectivity index (χ2n) is 5.10. The van der Waals surface area contributed by atoms with E-state index in [2.05, 4.69) is 5.32 Å². The van der Waals surface area contributed by atoms with Gasteiger partial charge in [0.1, 0.15) is 5.75 Å². The van der Waals surface area contributed by atoms with Gasteiger partial charge in [-0.3, -0.25) is 4.79 Å². The molecule has 0 unspecified atom stereocenters. The minimum atomic E-state index is -3.82. The number of amides is 1. The van der Waals surface area contributed by atoms with Crippen LogP contribution in [-0.2, 0) is 21.2 Å². The number of aryl methyl sites for hydroxylation is 1. The summed E-state index contributed by atoms with van der Waals surface area (Å²) in [4.78, 5) is 12.1. The van der Waals surface area contributed by atoms with Gasteiger partial charge in [-0.2, -0.15) is 0 Å². The highest BCUT2D eigenvalue weighted by atomic mass is 32.2. The predicted octanol–water partition coefficient (Wildman–Crippen LogP) is 1.83. The Labute approximate surface area is 135 Å².